The highest BCUT2D eigenvalue weighted by Crippen LogP contribution is 2.48. The van der Waals surface area contributed by atoms with Crippen LogP contribution in [0, 0.1) is 0 Å². The maximum atomic E-state index is 12.4. The Bertz CT molecular complexity index is 452. The Morgan fingerprint density at radius 1 is 1.37 bits per heavy atom. The molecule has 1 fully saturated rings. The van der Waals surface area contributed by atoms with E-state index in [0.29, 0.717) is 11.4 Å². The molecule has 1 aromatic carbocycles. The van der Waals surface area contributed by atoms with Gasteiger partial charge in [-0.1, -0.05) is 23.7 Å². The van der Waals surface area contributed by atoms with Gasteiger partial charge in [-0.25, -0.2) is 0 Å². The van der Waals surface area contributed by atoms with Gasteiger partial charge in [0.05, 0.1) is 11.5 Å². The molecule has 0 spiro atoms. The number of amides is 1. The van der Waals surface area contributed by atoms with Crippen LogP contribution in [0.25, 0.3) is 0 Å². The van der Waals surface area contributed by atoms with E-state index < -0.39 is 6.10 Å². The standard InChI is InChI=1S/C15H20ClNO2/c1-10(9-11(2)18)17-14(19)15(7-8-15)12-3-5-13(16)6-4-12/h3-6,10-11,18H,7-9H2,1-2H3,(H,17,19). The smallest absolute Gasteiger partial charge is 0.230 e. The van der Waals surface area contributed by atoms with Gasteiger partial charge in [0.1, 0.15) is 0 Å². The molecule has 0 aromatic heterocycles. The van der Waals surface area contributed by atoms with E-state index in [-0.39, 0.29) is 17.4 Å². The lowest BCUT2D eigenvalue weighted by Crippen LogP contribution is -2.41. The van der Waals surface area contributed by atoms with E-state index in [9.17, 15) is 9.90 Å². The lowest BCUT2D eigenvalue weighted by atomic mass is 9.94. The molecule has 0 heterocycles. The highest BCUT2D eigenvalue weighted by Gasteiger charge is 2.51. The van der Waals surface area contributed by atoms with E-state index in [1.165, 1.54) is 0 Å². The second kappa shape index (κ2) is 5.51. The van der Waals surface area contributed by atoms with Gasteiger partial charge in [-0.05, 0) is 50.8 Å². The molecule has 104 valence electrons. The van der Waals surface area contributed by atoms with Crippen molar-refractivity contribution in [3.05, 3.63) is 34.9 Å². The van der Waals surface area contributed by atoms with Crippen molar-refractivity contribution in [2.75, 3.05) is 0 Å². The largest absolute Gasteiger partial charge is 0.393 e. The molecule has 2 atom stereocenters. The molecule has 2 unspecified atom stereocenters. The summed E-state index contributed by atoms with van der Waals surface area (Å²) in [7, 11) is 0. The number of benzene rings is 1. The molecule has 1 aromatic rings. The first-order valence-electron chi connectivity index (χ1n) is 6.69. The number of aliphatic hydroxyl groups is 1. The number of aliphatic hydroxyl groups excluding tert-OH is 1. The number of halogens is 1. The topological polar surface area (TPSA) is 49.3 Å². The monoisotopic (exact) mass is 281 g/mol. The van der Waals surface area contributed by atoms with Crippen LogP contribution in [0.4, 0.5) is 0 Å². The van der Waals surface area contributed by atoms with E-state index in [1.807, 2.05) is 31.2 Å². The third-order valence-corrected chi connectivity index (χ3v) is 3.91. The molecule has 2 rings (SSSR count). The molecule has 0 radical (unpaired) electrons. The zero-order valence-corrected chi connectivity index (χ0v) is 12.1. The first-order chi connectivity index (χ1) is 8.94. The summed E-state index contributed by atoms with van der Waals surface area (Å²) in [6.07, 6.45) is 1.92. The van der Waals surface area contributed by atoms with Crippen molar-refractivity contribution in [3.63, 3.8) is 0 Å². The van der Waals surface area contributed by atoms with Gasteiger partial charge in [0.15, 0.2) is 0 Å². The summed E-state index contributed by atoms with van der Waals surface area (Å²) < 4.78 is 0. The summed E-state index contributed by atoms with van der Waals surface area (Å²) in [5.74, 6) is 0.0583. The molecule has 19 heavy (non-hydrogen) atoms. The summed E-state index contributed by atoms with van der Waals surface area (Å²) in [5, 5.41) is 13.0. The van der Waals surface area contributed by atoms with Crippen LogP contribution in [-0.4, -0.2) is 23.2 Å². The van der Waals surface area contributed by atoms with Crippen LogP contribution >= 0.6 is 11.6 Å². The van der Waals surface area contributed by atoms with E-state index in [4.69, 9.17) is 11.6 Å². The Morgan fingerprint density at radius 2 is 1.95 bits per heavy atom. The minimum atomic E-state index is -0.402. The number of nitrogens with one attached hydrogen (secondary N) is 1. The summed E-state index contributed by atoms with van der Waals surface area (Å²) >= 11 is 5.88. The molecule has 1 amide bonds. The van der Waals surface area contributed by atoms with Gasteiger partial charge in [0, 0.05) is 11.1 Å². The number of hydrogen-bond donors (Lipinski definition) is 2. The van der Waals surface area contributed by atoms with Crippen LogP contribution in [0.3, 0.4) is 0 Å². The number of rotatable bonds is 5. The van der Waals surface area contributed by atoms with Gasteiger partial charge in [-0.2, -0.15) is 0 Å². The van der Waals surface area contributed by atoms with E-state index in [2.05, 4.69) is 5.32 Å². The van der Waals surface area contributed by atoms with Gasteiger partial charge >= 0.3 is 0 Å². The lowest BCUT2D eigenvalue weighted by Gasteiger charge is -2.21. The third kappa shape index (κ3) is 3.28. The minimum Gasteiger partial charge on any atom is -0.393 e. The van der Waals surface area contributed by atoms with Crippen LogP contribution in [0.15, 0.2) is 24.3 Å². The average Bonchev–Trinajstić information content (AvgIpc) is 3.09. The summed E-state index contributed by atoms with van der Waals surface area (Å²) in [4.78, 5) is 12.4. The Labute approximate surface area is 119 Å². The SMILES string of the molecule is CC(O)CC(C)NC(=O)C1(c2ccc(Cl)cc2)CC1. The molecule has 1 saturated carbocycles. The number of carbonyl (C=O) groups is 1. The van der Waals surface area contributed by atoms with Crippen molar-refractivity contribution in [2.24, 2.45) is 0 Å². The molecule has 2 N–H and O–H groups in total. The Hall–Kier alpha value is -1.06. The zero-order valence-electron chi connectivity index (χ0n) is 11.3. The van der Waals surface area contributed by atoms with Crippen LogP contribution in [0.1, 0.15) is 38.7 Å². The van der Waals surface area contributed by atoms with E-state index in [1.54, 1.807) is 6.92 Å². The summed E-state index contributed by atoms with van der Waals surface area (Å²) in [6, 6.07) is 7.48. The van der Waals surface area contributed by atoms with Crippen molar-refractivity contribution in [2.45, 2.75) is 50.7 Å². The molecule has 0 bridgehead atoms. The minimum absolute atomic E-state index is 0.0164. The van der Waals surface area contributed by atoms with Gasteiger partial charge in [0.25, 0.3) is 0 Å². The van der Waals surface area contributed by atoms with Crippen LogP contribution in [-0.2, 0) is 10.2 Å². The highest BCUT2D eigenvalue weighted by atomic mass is 35.5. The Kier molecular flexibility index (Phi) is 4.16. The average molecular weight is 282 g/mol. The molecule has 1 aliphatic rings. The van der Waals surface area contributed by atoms with E-state index >= 15 is 0 Å². The summed E-state index contributed by atoms with van der Waals surface area (Å²) in [6.45, 7) is 3.65. The summed E-state index contributed by atoms with van der Waals surface area (Å²) in [5.41, 5.74) is 0.649. The number of hydrogen-bond acceptors (Lipinski definition) is 2. The highest BCUT2D eigenvalue weighted by molar-refractivity contribution is 6.30. The van der Waals surface area contributed by atoms with Crippen molar-refractivity contribution >= 4 is 17.5 Å². The van der Waals surface area contributed by atoms with E-state index in [0.717, 1.165) is 18.4 Å². The third-order valence-electron chi connectivity index (χ3n) is 3.65. The molecular weight excluding hydrogens is 262 g/mol. The zero-order chi connectivity index (χ0) is 14.0. The normalized spacial score (nSPS) is 19.6. The van der Waals surface area contributed by atoms with Crippen LogP contribution in [0.5, 0.6) is 0 Å². The molecular formula is C15H20ClNO2. The molecule has 4 heteroatoms. The Morgan fingerprint density at radius 3 is 2.42 bits per heavy atom. The maximum Gasteiger partial charge on any atom is 0.230 e. The van der Waals surface area contributed by atoms with Gasteiger partial charge in [0.2, 0.25) is 5.91 Å². The quantitative estimate of drug-likeness (QED) is 0.872. The molecule has 0 saturated heterocycles. The maximum absolute atomic E-state index is 12.4. The lowest BCUT2D eigenvalue weighted by molar-refractivity contribution is -0.124. The van der Waals surface area contributed by atoms with Gasteiger partial charge in [-0.15, -0.1) is 0 Å². The fraction of sp³-hybridized carbons (Fsp3) is 0.533. The first kappa shape index (κ1) is 14.4. The fourth-order valence-electron chi connectivity index (χ4n) is 2.47. The predicted molar refractivity (Wildman–Crippen MR) is 76.3 cm³/mol. The molecule has 0 aliphatic heterocycles. The van der Waals surface area contributed by atoms with Gasteiger partial charge < -0.3 is 10.4 Å². The first-order valence-corrected chi connectivity index (χ1v) is 7.07. The van der Waals surface area contributed by atoms with Crippen molar-refractivity contribution in [3.8, 4) is 0 Å². The van der Waals surface area contributed by atoms with Crippen LogP contribution in [0.2, 0.25) is 5.02 Å². The Balaban J connectivity index is 2.04. The van der Waals surface area contributed by atoms with Crippen molar-refractivity contribution < 1.29 is 9.90 Å². The molecule has 1 aliphatic carbocycles. The second-order valence-corrected chi connectivity index (χ2v) is 5.98. The molecule has 3 nitrogen and oxygen atoms in total. The van der Waals surface area contributed by atoms with Gasteiger partial charge in [-0.3, -0.25) is 4.79 Å². The van der Waals surface area contributed by atoms with Crippen molar-refractivity contribution in [1.29, 1.82) is 0 Å². The predicted octanol–water partition coefficient (Wildman–Crippen LogP) is 2.65. The van der Waals surface area contributed by atoms with Crippen molar-refractivity contribution in [1.82, 2.24) is 5.32 Å². The fourth-order valence-corrected chi connectivity index (χ4v) is 2.60. The second-order valence-electron chi connectivity index (χ2n) is 5.55. The number of carbonyl (C=O) groups excluding carboxylic acids is 1. The van der Waals surface area contributed by atoms with Crippen LogP contribution < -0.4 is 5.32 Å².